The van der Waals surface area contributed by atoms with Gasteiger partial charge in [0.15, 0.2) is 6.29 Å². The Morgan fingerprint density at radius 3 is 1.82 bits per heavy atom. The molecule has 34 heavy (non-hydrogen) atoms. The van der Waals surface area contributed by atoms with Gasteiger partial charge >= 0.3 is 0 Å². The molecular weight excluding hydrogens is 416 g/mol. The molecule has 0 bridgehead atoms. The highest BCUT2D eigenvalue weighted by atomic mass is 16.7. The normalized spacial score (nSPS) is 31.1. The van der Waals surface area contributed by atoms with Crippen molar-refractivity contribution < 1.29 is 9.47 Å². The monoisotopic (exact) mass is 468 g/mol. The minimum Gasteiger partial charge on any atom is -0.465 e. The summed E-state index contributed by atoms with van der Waals surface area (Å²) in [5.74, 6) is 6.83. The van der Waals surface area contributed by atoms with E-state index in [-0.39, 0.29) is 11.7 Å². The molecule has 0 aliphatic heterocycles. The van der Waals surface area contributed by atoms with Crippen molar-refractivity contribution in [1.29, 1.82) is 0 Å². The zero-order chi connectivity index (χ0) is 24.3. The maximum Gasteiger partial charge on any atom is 0.200 e. The summed E-state index contributed by atoms with van der Waals surface area (Å²) < 4.78 is 12.8. The Morgan fingerprint density at radius 2 is 1.35 bits per heavy atom. The van der Waals surface area contributed by atoms with Crippen LogP contribution in [0.1, 0.15) is 117 Å². The predicted octanol–water partition coefficient (Wildman–Crippen LogP) is 9.24. The van der Waals surface area contributed by atoms with Crippen LogP contribution in [0.2, 0.25) is 0 Å². The van der Waals surface area contributed by atoms with Crippen LogP contribution in [0.25, 0.3) is 0 Å². The Labute approximate surface area is 210 Å². The summed E-state index contributed by atoms with van der Waals surface area (Å²) in [6.45, 7) is 14.6. The molecule has 3 saturated carbocycles. The molecule has 6 unspecified atom stereocenters. The molecular formula is C32H52O2. The van der Waals surface area contributed by atoms with E-state index in [1.54, 1.807) is 0 Å². The van der Waals surface area contributed by atoms with Gasteiger partial charge in [0.2, 0.25) is 0 Å². The fourth-order valence-corrected chi connectivity index (χ4v) is 8.12. The lowest BCUT2D eigenvalue weighted by Gasteiger charge is -2.33. The first kappa shape index (κ1) is 26.1. The highest BCUT2D eigenvalue weighted by Gasteiger charge is 2.51. The second-order valence-electron chi connectivity index (χ2n) is 13.2. The first-order valence-electron chi connectivity index (χ1n) is 14.7. The Hall–Kier alpha value is -1.02. The van der Waals surface area contributed by atoms with Crippen molar-refractivity contribution in [2.75, 3.05) is 6.61 Å². The molecule has 0 spiro atoms. The fourth-order valence-electron chi connectivity index (χ4n) is 8.12. The van der Waals surface area contributed by atoms with Crippen molar-refractivity contribution in [3.63, 3.8) is 0 Å². The van der Waals surface area contributed by atoms with Crippen LogP contribution in [0.4, 0.5) is 0 Å². The Bertz CT molecular complexity index is 723. The van der Waals surface area contributed by atoms with Gasteiger partial charge in [-0.2, -0.15) is 0 Å². The van der Waals surface area contributed by atoms with Crippen LogP contribution in [0.15, 0.2) is 24.3 Å². The van der Waals surface area contributed by atoms with Gasteiger partial charge in [-0.05, 0) is 104 Å². The molecule has 0 aromatic heterocycles. The molecule has 0 amide bonds. The summed E-state index contributed by atoms with van der Waals surface area (Å²) in [6.07, 6.45) is 13.8. The number of fused-ring (bicyclic) bond motifs is 3. The van der Waals surface area contributed by atoms with E-state index in [2.05, 4.69) is 65.8 Å². The fraction of sp³-hybridized carbons (Fsp3) is 0.812. The standard InChI is InChI=1S/C32H52O2/c1-7-33-31(21-29-27-14-10-8-12-25(27)26-13-9-11-15-28(26)29)34-24-18-16-23(17-19-24)30(20-22(2)3)32(4,5)6/h16-19,22,25-31H,7-15,20-21H2,1-6H3. The average Bonchev–Trinajstić information content (AvgIpc) is 3.11. The first-order chi connectivity index (χ1) is 16.3. The molecule has 0 heterocycles. The van der Waals surface area contributed by atoms with Gasteiger partial charge in [-0.25, -0.2) is 0 Å². The number of hydrogen-bond donors (Lipinski definition) is 0. The van der Waals surface area contributed by atoms with Gasteiger partial charge in [0.05, 0.1) is 0 Å². The molecule has 6 atom stereocenters. The molecule has 192 valence electrons. The van der Waals surface area contributed by atoms with E-state index >= 15 is 0 Å². The summed E-state index contributed by atoms with van der Waals surface area (Å²) in [7, 11) is 0. The van der Waals surface area contributed by atoms with E-state index in [1.807, 2.05) is 0 Å². The van der Waals surface area contributed by atoms with Crippen LogP contribution in [0, 0.1) is 40.9 Å². The van der Waals surface area contributed by atoms with E-state index in [1.165, 1.54) is 63.4 Å². The minimum atomic E-state index is -0.113. The maximum absolute atomic E-state index is 6.56. The molecule has 0 radical (unpaired) electrons. The summed E-state index contributed by atoms with van der Waals surface area (Å²) in [6, 6.07) is 9.00. The van der Waals surface area contributed by atoms with Gasteiger partial charge in [0.1, 0.15) is 5.75 Å². The van der Waals surface area contributed by atoms with Crippen LogP contribution >= 0.6 is 0 Å². The van der Waals surface area contributed by atoms with E-state index in [9.17, 15) is 0 Å². The molecule has 3 aliphatic carbocycles. The highest BCUT2D eigenvalue weighted by Crippen LogP contribution is 2.58. The summed E-state index contributed by atoms with van der Waals surface area (Å²) >= 11 is 0. The van der Waals surface area contributed by atoms with Gasteiger partial charge in [-0.15, -0.1) is 0 Å². The number of benzene rings is 1. The minimum absolute atomic E-state index is 0.113. The Morgan fingerprint density at radius 1 is 0.824 bits per heavy atom. The van der Waals surface area contributed by atoms with Gasteiger partial charge in [-0.1, -0.05) is 72.4 Å². The van der Waals surface area contributed by atoms with Gasteiger partial charge in [0, 0.05) is 13.0 Å². The molecule has 1 aromatic carbocycles. The quantitative estimate of drug-likeness (QED) is 0.336. The maximum atomic E-state index is 6.56. The van der Waals surface area contributed by atoms with E-state index < -0.39 is 0 Å². The van der Waals surface area contributed by atoms with Crippen molar-refractivity contribution in [2.45, 2.75) is 118 Å². The van der Waals surface area contributed by atoms with E-state index in [4.69, 9.17) is 9.47 Å². The third-order valence-corrected chi connectivity index (χ3v) is 9.52. The second kappa shape index (κ2) is 11.4. The smallest absolute Gasteiger partial charge is 0.200 e. The number of rotatable bonds is 9. The average molecular weight is 469 g/mol. The molecule has 4 rings (SSSR count). The van der Waals surface area contributed by atoms with Crippen molar-refractivity contribution in [2.24, 2.45) is 40.9 Å². The van der Waals surface area contributed by atoms with Crippen molar-refractivity contribution >= 4 is 0 Å². The molecule has 1 aromatic rings. The molecule has 3 aliphatic rings. The first-order valence-corrected chi connectivity index (χ1v) is 14.7. The highest BCUT2D eigenvalue weighted by molar-refractivity contribution is 5.30. The van der Waals surface area contributed by atoms with Gasteiger partial charge in [-0.3, -0.25) is 0 Å². The molecule has 0 N–H and O–H groups in total. The molecule has 3 fully saturated rings. The van der Waals surface area contributed by atoms with Crippen molar-refractivity contribution in [1.82, 2.24) is 0 Å². The molecule has 2 heteroatoms. The zero-order valence-corrected chi connectivity index (χ0v) is 23.0. The number of hydrogen-bond acceptors (Lipinski definition) is 2. The molecule has 2 nitrogen and oxygen atoms in total. The van der Waals surface area contributed by atoms with E-state index in [0.717, 1.165) is 48.4 Å². The Kier molecular flexibility index (Phi) is 8.71. The van der Waals surface area contributed by atoms with Crippen LogP contribution in [-0.2, 0) is 4.74 Å². The van der Waals surface area contributed by atoms with Crippen LogP contribution in [-0.4, -0.2) is 12.9 Å². The largest absolute Gasteiger partial charge is 0.465 e. The lowest BCUT2D eigenvalue weighted by molar-refractivity contribution is -0.0958. The summed E-state index contributed by atoms with van der Waals surface area (Å²) in [4.78, 5) is 0. The lowest BCUT2D eigenvalue weighted by Crippen LogP contribution is -2.30. The van der Waals surface area contributed by atoms with Crippen LogP contribution in [0.5, 0.6) is 5.75 Å². The van der Waals surface area contributed by atoms with E-state index in [0.29, 0.717) is 11.8 Å². The van der Waals surface area contributed by atoms with Crippen molar-refractivity contribution in [3.05, 3.63) is 29.8 Å². The lowest BCUT2D eigenvalue weighted by atomic mass is 9.72. The summed E-state index contributed by atoms with van der Waals surface area (Å²) in [5.41, 5.74) is 1.70. The van der Waals surface area contributed by atoms with Crippen LogP contribution < -0.4 is 4.74 Å². The third-order valence-electron chi connectivity index (χ3n) is 9.52. The third kappa shape index (κ3) is 6.03. The molecule has 0 saturated heterocycles. The zero-order valence-electron chi connectivity index (χ0n) is 23.0. The Balaban J connectivity index is 1.46. The topological polar surface area (TPSA) is 18.5 Å². The van der Waals surface area contributed by atoms with Gasteiger partial charge in [0.25, 0.3) is 0 Å². The second-order valence-corrected chi connectivity index (χ2v) is 13.2. The summed E-state index contributed by atoms with van der Waals surface area (Å²) in [5, 5.41) is 0. The van der Waals surface area contributed by atoms with Gasteiger partial charge < -0.3 is 9.47 Å². The predicted molar refractivity (Wildman–Crippen MR) is 143 cm³/mol. The SMILES string of the molecule is CCOC(CC1C2CCCCC2C2CCCCC21)Oc1ccc(C(CC(C)C)C(C)(C)C)cc1. The van der Waals surface area contributed by atoms with Crippen LogP contribution in [0.3, 0.4) is 0 Å². The number of ether oxygens (including phenoxy) is 2. The van der Waals surface area contributed by atoms with Crippen molar-refractivity contribution in [3.8, 4) is 5.75 Å².